The number of hydrogen-bond donors (Lipinski definition) is 0. The quantitative estimate of drug-likeness (QED) is 0.248. The molecule has 0 unspecified atom stereocenters. The van der Waals surface area contributed by atoms with Crippen LogP contribution >= 0.6 is 0 Å². The van der Waals surface area contributed by atoms with Gasteiger partial charge in [-0.25, -0.2) is 0 Å². The van der Waals surface area contributed by atoms with Crippen molar-refractivity contribution in [2.75, 3.05) is 6.54 Å². The van der Waals surface area contributed by atoms with E-state index in [0.717, 1.165) is 13.0 Å². The molecule has 1 aromatic carbocycles. The molecule has 0 fully saturated rings. The van der Waals surface area contributed by atoms with Gasteiger partial charge in [-0.15, -0.1) is 0 Å². The van der Waals surface area contributed by atoms with Gasteiger partial charge >= 0.3 is 0 Å². The SMILES string of the molecule is Cc1cc[n+](CCCN=[N+]=[N-])c2ccccc12.[Cl-]. The van der Waals surface area contributed by atoms with E-state index >= 15 is 0 Å². The predicted molar refractivity (Wildman–Crippen MR) is 67.5 cm³/mol. The highest BCUT2D eigenvalue weighted by atomic mass is 35.5. The zero-order chi connectivity index (χ0) is 12.1. The summed E-state index contributed by atoms with van der Waals surface area (Å²) < 4.78 is 2.20. The smallest absolute Gasteiger partial charge is 0.212 e. The number of azide groups is 1. The lowest BCUT2D eigenvalue weighted by Gasteiger charge is -2.02. The molecule has 0 aliphatic rings. The fourth-order valence-corrected chi connectivity index (χ4v) is 1.98. The number of halogens is 1. The zero-order valence-electron chi connectivity index (χ0n) is 10.3. The van der Waals surface area contributed by atoms with Crippen LogP contribution in [0.5, 0.6) is 0 Å². The summed E-state index contributed by atoms with van der Waals surface area (Å²) in [5.41, 5.74) is 10.7. The topological polar surface area (TPSA) is 52.6 Å². The number of nitrogens with zero attached hydrogens (tertiary/aromatic N) is 4. The molecule has 0 saturated carbocycles. The van der Waals surface area contributed by atoms with Crippen LogP contribution in [0.2, 0.25) is 0 Å². The molecule has 0 N–H and O–H groups in total. The number of benzene rings is 1. The summed E-state index contributed by atoms with van der Waals surface area (Å²) in [6, 6.07) is 10.5. The molecule has 0 bridgehead atoms. The van der Waals surface area contributed by atoms with E-state index in [0.29, 0.717) is 6.54 Å². The highest BCUT2D eigenvalue weighted by molar-refractivity contribution is 5.78. The number of aryl methyl sites for hydroxylation is 2. The van der Waals surface area contributed by atoms with E-state index in [1.54, 1.807) is 0 Å². The Hall–Kier alpha value is -1.77. The fourth-order valence-electron chi connectivity index (χ4n) is 1.98. The first-order valence-corrected chi connectivity index (χ1v) is 5.71. The molecular weight excluding hydrogens is 248 g/mol. The molecule has 1 heterocycles. The first kappa shape index (κ1) is 14.3. The van der Waals surface area contributed by atoms with E-state index < -0.39 is 0 Å². The van der Waals surface area contributed by atoms with Gasteiger partial charge in [-0.2, -0.15) is 4.57 Å². The monoisotopic (exact) mass is 262 g/mol. The molecule has 0 amide bonds. The summed E-state index contributed by atoms with van der Waals surface area (Å²) in [5, 5.41) is 4.83. The van der Waals surface area contributed by atoms with Crippen LogP contribution in [0.25, 0.3) is 21.3 Å². The first-order chi connectivity index (χ1) is 8.33. The van der Waals surface area contributed by atoms with Gasteiger partial charge < -0.3 is 12.4 Å². The van der Waals surface area contributed by atoms with Crippen LogP contribution in [-0.2, 0) is 6.54 Å². The molecule has 5 heteroatoms. The van der Waals surface area contributed by atoms with Crippen LogP contribution in [0.15, 0.2) is 41.6 Å². The van der Waals surface area contributed by atoms with Crippen molar-refractivity contribution >= 4 is 10.9 Å². The molecule has 1 aromatic heterocycles. The van der Waals surface area contributed by atoms with Crippen LogP contribution in [0, 0.1) is 6.92 Å². The van der Waals surface area contributed by atoms with Crippen LogP contribution in [0.4, 0.5) is 0 Å². The lowest BCUT2D eigenvalue weighted by atomic mass is 10.1. The number of aromatic nitrogens is 1. The van der Waals surface area contributed by atoms with Crippen molar-refractivity contribution in [3.8, 4) is 0 Å². The van der Waals surface area contributed by atoms with E-state index in [9.17, 15) is 0 Å². The maximum atomic E-state index is 8.22. The molecule has 0 saturated heterocycles. The second-order valence-electron chi connectivity index (χ2n) is 4.02. The van der Waals surface area contributed by atoms with Gasteiger partial charge in [-0.05, 0) is 24.1 Å². The third-order valence-corrected chi connectivity index (χ3v) is 2.86. The van der Waals surface area contributed by atoms with E-state index in [1.807, 2.05) is 6.07 Å². The molecule has 18 heavy (non-hydrogen) atoms. The van der Waals surface area contributed by atoms with E-state index in [4.69, 9.17) is 5.53 Å². The first-order valence-electron chi connectivity index (χ1n) is 5.71. The standard InChI is InChI=1S/C13H15N4.ClH/c1-11-7-10-17(9-4-8-15-16-14)13-6-3-2-5-12(11)13;/h2-3,5-7,10H,4,8-9H2,1H3;1H/q+1;/p-1. The fraction of sp³-hybridized carbons (Fsp3) is 0.308. The van der Waals surface area contributed by atoms with E-state index in [1.165, 1.54) is 16.5 Å². The Bertz CT molecular complexity index is 576. The van der Waals surface area contributed by atoms with Crippen molar-refractivity contribution in [3.05, 3.63) is 52.5 Å². The number of hydrogen-bond acceptors (Lipinski definition) is 1. The molecule has 2 rings (SSSR count). The van der Waals surface area contributed by atoms with Gasteiger partial charge in [0.15, 0.2) is 6.20 Å². The summed E-state index contributed by atoms with van der Waals surface area (Å²) in [4.78, 5) is 2.76. The number of pyridine rings is 1. The minimum atomic E-state index is 0. The lowest BCUT2D eigenvalue weighted by molar-refractivity contribution is -0.671. The highest BCUT2D eigenvalue weighted by Crippen LogP contribution is 2.13. The molecule has 2 aromatic rings. The summed E-state index contributed by atoms with van der Waals surface area (Å²) in [5.74, 6) is 0. The third kappa shape index (κ3) is 3.13. The highest BCUT2D eigenvalue weighted by Gasteiger charge is 2.08. The van der Waals surface area contributed by atoms with Crippen molar-refractivity contribution in [3.63, 3.8) is 0 Å². The Morgan fingerprint density at radius 1 is 1.28 bits per heavy atom. The normalized spacial score (nSPS) is 9.61. The molecule has 0 atom stereocenters. The summed E-state index contributed by atoms with van der Waals surface area (Å²) in [7, 11) is 0. The minimum absolute atomic E-state index is 0. The van der Waals surface area contributed by atoms with Crippen molar-refractivity contribution < 1.29 is 17.0 Å². The Morgan fingerprint density at radius 3 is 2.83 bits per heavy atom. The Balaban J connectivity index is 0.00000162. The molecule has 0 radical (unpaired) electrons. The molecule has 0 aliphatic heterocycles. The van der Waals surface area contributed by atoms with Gasteiger partial charge in [0.25, 0.3) is 0 Å². The van der Waals surface area contributed by atoms with E-state index in [-0.39, 0.29) is 12.4 Å². The molecule has 0 aliphatic carbocycles. The van der Waals surface area contributed by atoms with Crippen LogP contribution in [0.3, 0.4) is 0 Å². The maximum absolute atomic E-state index is 8.22. The molecule has 4 nitrogen and oxygen atoms in total. The van der Waals surface area contributed by atoms with Gasteiger partial charge in [-0.3, -0.25) is 0 Å². The van der Waals surface area contributed by atoms with Crippen molar-refractivity contribution in [1.82, 2.24) is 0 Å². The Kier molecular flexibility index (Phi) is 5.43. The summed E-state index contributed by atoms with van der Waals surface area (Å²) >= 11 is 0. The van der Waals surface area contributed by atoms with Crippen LogP contribution in [0.1, 0.15) is 12.0 Å². The van der Waals surface area contributed by atoms with Crippen LogP contribution in [-0.4, -0.2) is 6.54 Å². The maximum Gasteiger partial charge on any atom is 0.212 e. The van der Waals surface area contributed by atoms with Gasteiger partial charge in [0, 0.05) is 35.4 Å². The second kappa shape index (κ2) is 6.84. The lowest BCUT2D eigenvalue weighted by Crippen LogP contribution is -3.00. The Labute approximate surface area is 112 Å². The number of para-hydroxylation sites is 1. The third-order valence-electron chi connectivity index (χ3n) is 2.86. The average Bonchev–Trinajstić information content (AvgIpc) is 2.37. The zero-order valence-corrected chi connectivity index (χ0v) is 11.0. The van der Waals surface area contributed by atoms with Crippen molar-refractivity contribution in [2.24, 2.45) is 5.11 Å². The molecule has 0 spiro atoms. The molecular formula is C13H15ClN4. The summed E-state index contributed by atoms with van der Waals surface area (Å²) in [6.07, 6.45) is 2.95. The average molecular weight is 263 g/mol. The largest absolute Gasteiger partial charge is 1.00 e. The number of rotatable bonds is 4. The van der Waals surface area contributed by atoms with Gasteiger partial charge in [0.1, 0.15) is 6.54 Å². The summed E-state index contributed by atoms with van der Waals surface area (Å²) in [6.45, 7) is 3.54. The van der Waals surface area contributed by atoms with Gasteiger partial charge in [0.05, 0.1) is 0 Å². The van der Waals surface area contributed by atoms with Crippen molar-refractivity contribution in [2.45, 2.75) is 19.9 Å². The van der Waals surface area contributed by atoms with Crippen molar-refractivity contribution in [1.29, 1.82) is 0 Å². The van der Waals surface area contributed by atoms with Crippen LogP contribution < -0.4 is 17.0 Å². The van der Waals surface area contributed by atoms with Gasteiger partial charge in [0.2, 0.25) is 5.52 Å². The second-order valence-corrected chi connectivity index (χ2v) is 4.02. The van der Waals surface area contributed by atoms with Gasteiger partial charge in [-0.1, -0.05) is 17.2 Å². The number of fused-ring (bicyclic) bond motifs is 1. The Morgan fingerprint density at radius 2 is 2.06 bits per heavy atom. The molecule has 94 valence electrons. The predicted octanol–water partition coefficient (Wildman–Crippen LogP) is 0.140. The van der Waals surface area contributed by atoms with E-state index in [2.05, 4.69) is 52.0 Å². The minimum Gasteiger partial charge on any atom is -1.00 e.